The van der Waals surface area contributed by atoms with Crippen molar-refractivity contribution in [2.45, 2.75) is 19.8 Å². The van der Waals surface area contributed by atoms with Crippen molar-refractivity contribution in [2.24, 2.45) is 5.92 Å². The summed E-state index contributed by atoms with van der Waals surface area (Å²) in [5.41, 5.74) is 3.04. The average Bonchev–Trinajstić information content (AvgIpc) is 2.27. The van der Waals surface area contributed by atoms with Crippen molar-refractivity contribution in [1.82, 2.24) is 0 Å². The maximum absolute atomic E-state index is 3.11. The minimum Gasteiger partial charge on any atom is -0.0619 e. The molecule has 0 N–H and O–H groups in total. The largest absolute Gasteiger partial charge is 0.0619 e. The Kier molecular flexibility index (Phi) is 1.26. The molecule has 1 aliphatic carbocycles. The molecule has 0 aromatic heterocycles. The van der Waals surface area contributed by atoms with Gasteiger partial charge in [-0.05, 0) is 36.0 Å². The van der Waals surface area contributed by atoms with E-state index in [4.69, 9.17) is 0 Å². The summed E-state index contributed by atoms with van der Waals surface area (Å²) in [5.74, 6) is 0.853. The molecule has 1 unspecified atom stereocenters. The van der Waals surface area contributed by atoms with Crippen LogP contribution >= 0.6 is 0 Å². The summed E-state index contributed by atoms with van der Waals surface area (Å²) in [6.45, 7) is 2.31. The number of fused-ring (bicyclic) bond motifs is 1. The molecule has 1 aromatic carbocycles. The molecule has 1 radical (unpaired) electrons. The first kappa shape index (κ1) is 5.96. The van der Waals surface area contributed by atoms with Crippen LogP contribution in [0.4, 0.5) is 0 Å². The number of hydrogen-bond donors (Lipinski definition) is 0. The fourth-order valence-electron chi connectivity index (χ4n) is 1.71. The van der Waals surface area contributed by atoms with E-state index in [2.05, 4.69) is 25.1 Å². The molecular weight excluding hydrogens is 120 g/mol. The van der Waals surface area contributed by atoms with E-state index in [9.17, 15) is 0 Å². The third kappa shape index (κ3) is 0.841. The second-order valence-electron chi connectivity index (χ2n) is 3.21. The minimum absolute atomic E-state index is 0.853. The standard InChI is InChI=1S/C10H11/c1-8-6-9-4-2-3-5-10(9)7-8/h2,4-5,8H,6-7H2,1H3. The lowest BCUT2D eigenvalue weighted by atomic mass is 10.1. The third-order valence-corrected chi connectivity index (χ3v) is 2.19. The normalized spacial score (nSPS) is 17.3. The van der Waals surface area contributed by atoms with E-state index in [1.807, 2.05) is 6.07 Å². The predicted molar refractivity (Wildman–Crippen MR) is 41.9 cm³/mol. The Morgan fingerprint density at radius 3 is 3.00 bits per heavy atom. The van der Waals surface area contributed by atoms with E-state index >= 15 is 0 Å². The van der Waals surface area contributed by atoms with Gasteiger partial charge in [-0.25, -0.2) is 0 Å². The molecule has 1 atom stereocenters. The first-order valence-corrected chi connectivity index (χ1v) is 3.84. The summed E-state index contributed by atoms with van der Waals surface area (Å²) in [7, 11) is 0. The van der Waals surface area contributed by atoms with Crippen LogP contribution in [-0.4, -0.2) is 0 Å². The molecule has 0 saturated carbocycles. The molecule has 0 nitrogen and oxygen atoms in total. The smallest absolute Gasteiger partial charge is 0.0181 e. The lowest BCUT2D eigenvalue weighted by molar-refractivity contribution is 0.628. The average molecular weight is 131 g/mol. The van der Waals surface area contributed by atoms with Crippen LogP contribution in [0.2, 0.25) is 0 Å². The molecule has 0 aliphatic heterocycles. The van der Waals surface area contributed by atoms with Gasteiger partial charge in [-0.1, -0.05) is 25.1 Å². The van der Waals surface area contributed by atoms with E-state index in [1.54, 1.807) is 0 Å². The van der Waals surface area contributed by atoms with Gasteiger partial charge in [0, 0.05) is 0 Å². The molecule has 51 valence electrons. The molecule has 0 heterocycles. The summed E-state index contributed by atoms with van der Waals surface area (Å²) in [4.78, 5) is 0. The summed E-state index contributed by atoms with van der Waals surface area (Å²) in [6, 6.07) is 9.44. The molecule has 0 saturated heterocycles. The molecule has 2 rings (SSSR count). The maximum atomic E-state index is 3.11. The van der Waals surface area contributed by atoms with E-state index in [0.717, 1.165) is 5.92 Å². The number of rotatable bonds is 0. The SMILES string of the molecule is CC1Cc2c[c]ccc2C1. The van der Waals surface area contributed by atoms with Crippen LogP contribution in [0.3, 0.4) is 0 Å². The highest BCUT2D eigenvalue weighted by Crippen LogP contribution is 2.25. The lowest BCUT2D eigenvalue weighted by Gasteiger charge is -1.93. The monoisotopic (exact) mass is 131 g/mol. The first-order valence-electron chi connectivity index (χ1n) is 3.84. The highest BCUT2D eigenvalue weighted by atomic mass is 14.2. The molecule has 0 fully saturated rings. The van der Waals surface area contributed by atoms with E-state index in [-0.39, 0.29) is 0 Å². The van der Waals surface area contributed by atoms with Gasteiger partial charge in [0.1, 0.15) is 0 Å². The molecule has 0 bridgehead atoms. The Labute approximate surface area is 61.9 Å². The van der Waals surface area contributed by atoms with Crippen molar-refractivity contribution in [1.29, 1.82) is 0 Å². The zero-order chi connectivity index (χ0) is 6.97. The van der Waals surface area contributed by atoms with Crippen LogP contribution in [0.25, 0.3) is 0 Å². The Hall–Kier alpha value is -0.780. The second kappa shape index (κ2) is 2.12. The highest BCUT2D eigenvalue weighted by Gasteiger charge is 2.15. The van der Waals surface area contributed by atoms with Gasteiger partial charge in [-0.2, -0.15) is 0 Å². The maximum Gasteiger partial charge on any atom is -0.0181 e. The van der Waals surface area contributed by atoms with Gasteiger partial charge in [0.25, 0.3) is 0 Å². The van der Waals surface area contributed by atoms with Crippen molar-refractivity contribution in [3.05, 3.63) is 35.4 Å². The summed E-state index contributed by atoms with van der Waals surface area (Å²) < 4.78 is 0. The quantitative estimate of drug-likeness (QED) is 0.506. The van der Waals surface area contributed by atoms with Crippen LogP contribution in [0.15, 0.2) is 18.2 Å². The zero-order valence-corrected chi connectivity index (χ0v) is 6.22. The first-order chi connectivity index (χ1) is 4.86. The van der Waals surface area contributed by atoms with E-state index < -0.39 is 0 Å². The molecule has 0 heteroatoms. The van der Waals surface area contributed by atoms with Gasteiger partial charge in [0.05, 0.1) is 0 Å². The Morgan fingerprint density at radius 1 is 1.40 bits per heavy atom. The van der Waals surface area contributed by atoms with Crippen LogP contribution in [0, 0.1) is 12.0 Å². The van der Waals surface area contributed by atoms with Gasteiger partial charge in [-0.3, -0.25) is 0 Å². The molecular formula is C10H11. The second-order valence-corrected chi connectivity index (χ2v) is 3.21. The molecule has 1 aromatic rings. The summed E-state index contributed by atoms with van der Waals surface area (Å²) in [6.07, 6.45) is 2.52. The lowest BCUT2D eigenvalue weighted by Crippen LogP contribution is -1.89. The summed E-state index contributed by atoms with van der Waals surface area (Å²) in [5, 5.41) is 0. The fourth-order valence-corrected chi connectivity index (χ4v) is 1.71. The van der Waals surface area contributed by atoms with Crippen LogP contribution in [0.1, 0.15) is 18.1 Å². The Morgan fingerprint density at radius 2 is 2.20 bits per heavy atom. The molecule has 10 heavy (non-hydrogen) atoms. The van der Waals surface area contributed by atoms with E-state index in [0.29, 0.717) is 0 Å². The van der Waals surface area contributed by atoms with Crippen LogP contribution < -0.4 is 0 Å². The van der Waals surface area contributed by atoms with Crippen LogP contribution in [-0.2, 0) is 12.8 Å². The Bertz CT molecular complexity index is 213. The van der Waals surface area contributed by atoms with E-state index in [1.165, 1.54) is 24.0 Å². The van der Waals surface area contributed by atoms with Crippen molar-refractivity contribution in [3.8, 4) is 0 Å². The number of benzene rings is 1. The fraction of sp³-hybridized carbons (Fsp3) is 0.400. The van der Waals surface area contributed by atoms with Gasteiger partial charge < -0.3 is 0 Å². The Balaban J connectivity index is 2.42. The molecule has 0 spiro atoms. The van der Waals surface area contributed by atoms with Crippen molar-refractivity contribution >= 4 is 0 Å². The predicted octanol–water partition coefficient (Wildman–Crippen LogP) is 2.22. The summed E-state index contributed by atoms with van der Waals surface area (Å²) >= 11 is 0. The van der Waals surface area contributed by atoms with Crippen LogP contribution in [0.5, 0.6) is 0 Å². The highest BCUT2D eigenvalue weighted by molar-refractivity contribution is 5.31. The minimum atomic E-state index is 0.853. The van der Waals surface area contributed by atoms with Gasteiger partial charge in [-0.15, -0.1) is 0 Å². The van der Waals surface area contributed by atoms with Gasteiger partial charge >= 0.3 is 0 Å². The number of hydrogen-bond acceptors (Lipinski definition) is 0. The molecule has 1 aliphatic rings. The zero-order valence-electron chi connectivity index (χ0n) is 6.22. The van der Waals surface area contributed by atoms with Gasteiger partial charge in [0.15, 0.2) is 0 Å². The van der Waals surface area contributed by atoms with Gasteiger partial charge in [0.2, 0.25) is 0 Å². The third-order valence-electron chi connectivity index (χ3n) is 2.19. The topological polar surface area (TPSA) is 0 Å². The van der Waals surface area contributed by atoms with Crippen molar-refractivity contribution in [3.63, 3.8) is 0 Å². The molecule has 0 amide bonds. The van der Waals surface area contributed by atoms with Crippen molar-refractivity contribution in [2.75, 3.05) is 0 Å². The van der Waals surface area contributed by atoms with Crippen molar-refractivity contribution < 1.29 is 0 Å².